The van der Waals surface area contributed by atoms with Gasteiger partial charge in [-0.2, -0.15) is 10.1 Å². The summed E-state index contributed by atoms with van der Waals surface area (Å²) >= 11 is 6.20. The normalized spacial score (nSPS) is 16.6. The van der Waals surface area contributed by atoms with Crippen LogP contribution >= 0.6 is 11.6 Å². The van der Waals surface area contributed by atoms with Crippen molar-refractivity contribution in [2.24, 2.45) is 5.10 Å². The second-order valence-electron chi connectivity index (χ2n) is 7.54. The van der Waals surface area contributed by atoms with Gasteiger partial charge in [0.15, 0.2) is 0 Å². The molecule has 3 heterocycles. The number of rotatable bonds is 3. The summed E-state index contributed by atoms with van der Waals surface area (Å²) in [6.45, 7) is 3.64. The molecule has 2 aliphatic heterocycles. The van der Waals surface area contributed by atoms with E-state index in [4.69, 9.17) is 16.0 Å². The molecule has 158 valence electrons. The van der Waals surface area contributed by atoms with Crippen LogP contribution in [-0.4, -0.2) is 23.4 Å². The van der Waals surface area contributed by atoms with Crippen LogP contribution in [0.5, 0.6) is 0 Å². The van der Waals surface area contributed by atoms with E-state index in [1.807, 2.05) is 13.0 Å². The second kappa shape index (κ2) is 7.32. The van der Waals surface area contributed by atoms with Gasteiger partial charge in [0.05, 0.1) is 28.1 Å². The number of amides is 3. The topological polar surface area (TPSA) is 92.0 Å². The first-order valence-electron chi connectivity index (χ1n) is 9.79. The zero-order chi connectivity index (χ0) is 22.6. The molecule has 0 unspecified atom stereocenters. The van der Waals surface area contributed by atoms with Crippen LogP contribution in [0, 0.1) is 6.92 Å². The van der Waals surface area contributed by atoms with Crippen molar-refractivity contribution in [3.8, 4) is 11.3 Å². The van der Waals surface area contributed by atoms with Crippen LogP contribution in [0.4, 0.5) is 5.69 Å². The fourth-order valence-electron chi connectivity index (χ4n) is 3.62. The Labute approximate surface area is 188 Å². The van der Waals surface area contributed by atoms with Gasteiger partial charge in [-0.25, -0.2) is 0 Å². The van der Waals surface area contributed by atoms with Gasteiger partial charge in [-0.3, -0.25) is 19.7 Å². The molecular formula is C24H16ClN3O4. The van der Waals surface area contributed by atoms with Crippen molar-refractivity contribution in [2.75, 3.05) is 5.01 Å². The third kappa shape index (κ3) is 3.23. The predicted molar refractivity (Wildman–Crippen MR) is 121 cm³/mol. The van der Waals surface area contributed by atoms with Crippen LogP contribution < -0.4 is 10.3 Å². The van der Waals surface area contributed by atoms with Crippen LogP contribution in [0.2, 0.25) is 5.02 Å². The average molecular weight is 446 g/mol. The van der Waals surface area contributed by atoms with Crippen molar-refractivity contribution < 1.29 is 18.8 Å². The number of hydrazone groups is 1. The molecule has 0 fully saturated rings. The number of hydrogen-bond acceptors (Lipinski definition) is 5. The lowest BCUT2D eigenvalue weighted by Gasteiger charge is -2.12. The zero-order valence-corrected chi connectivity index (χ0v) is 17.9. The highest BCUT2D eigenvalue weighted by Gasteiger charge is 2.30. The standard InChI is InChI=1S/C24H16ClN3O4/c1-12-3-5-15(10-20(12)25)28-24(31)18(13(2)27-28)11-16-6-8-21(32-16)14-4-7-17-19(9-14)23(30)26-22(17)29/h3-11H,1-2H3,(H,26,29,30)/b18-11-. The van der Waals surface area contributed by atoms with Gasteiger partial charge < -0.3 is 4.42 Å². The Kier molecular flexibility index (Phi) is 4.56. The number of carbonyl (C=O) groups excluding carboxylic acids is 3. The number of furan rings is 1. The summed E-state index contributed by atoms with van der Waals surface area (Å²) in [5.74, 6) is -0.152. The maximum absolute atomic E-state index is 13.0. The molecule has 1 N–H and O–H groups in total. The van der Waals surface area contributed by atoms with Crippen LogP contribution in [0.15, 0.2) is 63.6 Å². The Morgan fingerprint density at radius 3 is 2.53 bits per heavy atom. The molecule has 8 heteroatoms. The van der Waals surface area contributed by atoms with E-state index in [1.54, 1.807) is 55.5 Å². The molecule has 0 saturated heterocycles. The number of anilines is 1. The number of fused-ring (bicyclic) bond motifs is 1. The van der Waals surface area contributed by atoms with Gasteiger partial charge in [0, 0.05) is 10.6 Å². The molecule has 0 aliphatic carbocycles. The van der Waals surface area contributed by atoms with Gasteiger partial charge in [-0.05, 0) is 61.9 Å². The highest BCUT2D eigenvalue weighted by Crippen LogP contribution is 2.31. The molecular weight excluding hydrogens is 430 g/mol. The molecule has 2 aromatic carbocycles. The summed E-state index contributed by atoms with van der Waals surface area (Å²) < 4.78 is 5.89. The van der Waals surface area contributed by atoms with Crippen molar-refractivity contribution in [2.45, 2.75) is 13.8 Å². The van der Waals surface area contributed by atoms with Gasteiger partial charge in [0.1, 0.15) is 11.5 Å². The summed E-state index contributed by atoms with van der Waals surface area (Å²) in [7, 11) is 0. The Balaban J connectivity index is 1.43. The van der Waals surface area contributed by atoms with Gasteiger partial charge in [-0.15, -0.1) is 0 Å². The zero-order valence-electron chi connectivity index (χ0n) is 17.1. The van der Waals surface area contributed by atoms with Crippen molar-refractivity contribution >= 4 is 46.8 Å². The highest BCUT2D eigenvalue weighted by molar-refractivity contribution is 6.33. The summed E-state index contributed by atoms with van der Waals surface area (Å²) in [6.07, 6.45) is 1.63. The molecule has 1 aromatic heterocycles. The van der Waals surface area contributed by atoms with Gasteiger partial charge >= 0.3 is 0 Å². The highest BCUT2D eigenvalue weighted by atomic mass is 35.5. The summed E-state index contributed by atoms with van der Waals surface area (Å²) in [6, 6.07) is 13.7. The molecule has 3 aromatic rings. The predicted octanol–water partition coefficient (Wildman–Crippen LogP) is 4.60. The first kappa shape index (κ1) is 20.0. The van der Waals surface area contributed by atoms with E-state index in [9.17, 15) is 14.4 Å². The summed E-state index contributed by atoms with van der Waals surface area (Å²) in [5, 5.41) is 8.50. The van der Waals surface area contributed by atoms with Crippen LogP contribution in [0.1, 0.15) is 39.0 Å². The SMILES string of the molecule is CC1=NN(c2ccc(C)c(Cl)c2)C(=O)/C1=C\c1ccc(-c2ccc3c(c2)C(=O)NC3=O)o1. The minimum Gasteiger partial charge on any atom is -0.457 e. The van der Waals surface area contributed by atoms with E-state index < -0.39 is 11.8 Å². The van der Waals surface area contributed by atoms with E-state index in [0.29, 0.717) is 50.2 Å². The van der Waals surface area contributed by atoms with Crippen molar-refractivity contribution in [1.29, 1.82) is 0 Å². The Bertz CT molecular complexity index is 1400. The van der Waals surface area contributed by atoms with E-state index >= 15 is 0 Å². The summed E-state index contributed by atoms with van der Waals surface area (Å²) in [5.41, 5.74) is 3.75. The number of aryl methyl sites for hydroxylation is 1. The number of imide groups is 1. The van der Waals surface area contributed by atoms with E-state index in [1.165, 1.54) is 5.01 Å². The smallest absolute Gasteiger partial charge is 0.280 e. The van der Waals surface area contributed by atoms with Crippen LogP contribution in [-0.2, 0) is 4.79 Å². The monoisotopic (exact) mass is 445 g/mol. The van der Waals surface area contributed by atoms with E-state index in [-0.39, 0.29) is 5.91 Å². The lowest BCUT2D eigenvalue weighted by atomic mass is 10.0. The van der Waals surface area contributed by atoms with Crippen molar-refractivity contribution in [1.82, 2.24) is 5.32 Å². The van der Waals surface area contributed by atoms with Crippen molar-refractivity contribution in [3.63, 3.8) is 0 Å². The molecule has 0 atom stereocenters. The molecule has 0 radical (unpaired) electrons. The number of nitrogens with one attached hydrogen (secondary N) is 1. The fraction of sp³-hybridized carbons (Fsp3) is 0.0833. The van der Waals surface area contributed by atoms with E-state index in [0.717, 1.165) is 5.56 Å². The average Bonchev–Trinajstić information content (AvgIpc) is 3.43. The number of hydrogen-bond donors (Lipinski definition) is 1. The molecule has 0 spiro atoms. The number of nitrogens with zero attached hydrogens (tertiary/aromatic N) is 2. The number of carbonyl (C=O) groups is 3. The molecule has 0 saturated carbocycles. The lowest BCUT2D eigenvalue weighted by molar-refractivity contribution is -0.114. The van der Waals surface area contributed by atoms with Crippen molar-refractivity contribution in [3.05, 3.63) is 81.6 Å². The maximum Gasteiger partial charge on any atom is 0.280 e. The lowest BCUT2D eigenvalue weighted by Crippen LogP contribution is -2.21. The number of halogens is 1. The maximum atomic E-state index is 13.0. The van der Waals surface area contributed by atoms with Gasteiger partial charge in [0.2, 0.25) is 0 Å². The minimum absolute atomic E-state index is 0.284. The molecule has 0 bridgehead atoms. The summed E-state index contributed by atoms with van der Waals surface area (Å²) in [4.78, 5) is 36.6. The van der Waals surface area contributed by atoms with Gasteiger partial charge in [0.25, 0.3) is 17.7 Å². The molecule has 2 aliphatic rings. The third-order valence-corrected chi connectivity index (χ3v) is 5.80. The Morgan fingerprint density at radius 2 is 1.75 bits per heavy atom. The molecule has 7 nitrogen and oxygen atoms in total. The minimum atomic E-state index is -0.430. The van der Waals surface area contributed by atoms with E-state index in [2.05, 4.69) is 10.4 Å². The first-order valence-corrected chi connectivity index (χ1v) is 10.2. The third-order valence-electron chi connectivity index (χ3n) is 5.40. The largest absolute Gasteiger partial charge is 0.457 e. The quantitative estimate of drug-likeness (QED) is 0.471. The van der Waals surface area contributed by atoms with Crippen LogP contribution in [0.25, 0.3) is 17.4 Å². The van der Waals surface area contributed by atoms with Crippen LogP contribution in [0.3, 0.4) is 0 Å². The molecule has 5 rings (SSSR count). The molecule has 3 amide bonds. The Morgan fingerprint density at radius 1 is 0.969 bits per heavy atom. The number of benzene rings is 2. The fourth-order valence-corrected chi connectivity index (χ4v) is 3.80. The first-order chi connectivity index (χ1) is 15.3. The molecule has 32 heavy (non-hydrogen) atoms. The van der Waals surface area contributed by atoms with Gasteiger partial charge in [-0.1, -0.05) is 23.7 Å². The second-order valence-corrected chi connectivity index (χ2v) is 7.95. The Hall–Kier alpha value is -3.97.